The van der Waals surface area contributed by atoms with E-state index in [4.69, 9.17) is 5.73 Å². The maximum absolute atomic E-state index is 11.8. The third-order valence-electron chi connectivity index (χ3n) is 2.77. The van der Waals surface area contributed by atoms with Crippen molar-refractivity contribution in [2.24, 2.45) is 5.73 Å². The van der Waals surface area contributed by atoms with Crippen molar-refractivity contribution in [3.05, 3.63) is 23.8 Å². The average Bonchev–Trinajstić information content (AvgIpc) is 2.54. The van der Waals surface area contributed by atoms with Gasteiger partial charge in [-0.25, -0.2) is 0 Å². The van der Waals surface area contributed by atoms with Crippen molar-refractivity contribution in [1.82, 2.24) is 0 Å². The van der Waals surface area contributed by atoms with Crippen LogP contribution in [0.1, 0.15) is 12.5 Å². The van der Waals surface area contributed by atoms with Crippen molar-refractivity contribution in [2.75, 3.05) is 23.8 Å². The Morgan fingerprint density at radius 1 is 1.56 bits per heavy atom. The number of carbonyl (C=O) groups is 1. The van der Waals surface area contributed by atoms with Gasteiger partial charge in [-0.1, -0.05) is 0 Å². The van der Waals surface area contributed by atoms with Crippen molar-refractivity contribution in [3.8, 4) is 0 Å². The van der Waals surface area contributed by atoms with Gasteiger partial charge in [0.05, 0.1) is 6.42 Å². The molecule has 0 saturated carbocycles. The first-order valence-electron chi connectivity index (χ1n) is 5.48. The maximum atomic E-state index is 11.8. The molecule has 1 aromatic carbocycles. The highest BCUT2D eigenvalue weighted by atomic mass is 16.2. The Morgan fingerprint density at radius 3 is 2.94 bits per heavy atom. The number of amides is 1. The molecule has 4 heteroatoms. The van der Waals surface area contributed by atoms with Crippen LogP contribution in [0.5, 0.6) is 0 Å². The van der Waals surface area contributed by atoms with E-state index in [2.05, 4.69) is 5.32 Å². The van der Waals surface area contributed by atoms with Gasteiger partial charge in [0.1, 0.15) is 0 Å². The minimum Gasteiger partial charge on any atom is -0.388 e. The van der Waals surface area contributed by atoms with E-state index >= 15 is 0 Å². The van der Waals surface area contributed by atoms with Crippen LogP contribution in [0.15, 0.2) is 18.2 Å². The lowest BCUT2D eigenvalue weighted by Crippen LogP contribution is -2.37. The fourth-order valence-electron chi connectivity index (χ4n) is 2.03. The molecular formula is C12H17N3O. The number of anilines is 2. The highest BCUT2D eigenvalue weighted by Crippen LogP contribution is 2.30. The minimum atomic E-state index is -0.00104. The highest BCUT2D eigenvalue weighted by molar-refractivity contribution is 6.01. The standard InChI is InChI=1S/C12H17N3O/c1-8(13)7-15-11-4-3-10(14-2)5-9(11)6-12(15)16/h3-5,8,14H,6-7,13H2,1-2H3. The Morgan fingerprint density at radius 2 is 2.31 bits per heavy atom. The lowest BCUT2D eigenvalue weighted by molar-refractivity contribution is -0.117. The van der Waals surface area contributed by atoms with Gasteiger partial charge in [0.2, 0.25) is 5.91 Å². The lowest BCUT2D eigenvalue weighted by atomic mass is 10.1. The third-order valence-corrected chi connectivity index (χ3v) is 2.77. The molecule has 1 aliphatic heterocycles. The van der Waals surface area contributed by atoms with Gasteiger partial charge in [-0.3, -0.25) is 4.79 Å². The number of nitrogens with one attached hydrogen (secondary N) is 1. The number of benzene rings is 1. The fraction of sp³-hybridized carbons (Fsp3) is 0.417. The number of nitrogens with two attached hydrogens (primary N) is 1. The van der Waals surface area contributed by atoms with Gasteiger partial charge in [0.25, 0.3) is 0 Å². The molecule has 3 N–H and O–H groups in total. The summed E-state index contributed by atoms with van der Waals surface area (Å²) in [6.07, 6.45) is 0.484. The summed E-state index contributed by atoms with van der Waals surface area (Å²) in [5.41, 5.74) is 8.86. The summed E-state index contributed by atoms with van der Waals surface area (Å²) in [5.74, 6) is 0.139. The van der Waals surface area contributed by atoms with Gasteiger partial charge in [-0.15, -0.1) is 0 Å². The van der Waals surface area contributed by atoms with E-state index in [0.717, 1.165) is 16.9 Å². The molecule has 0 fully saturated rings. The smallest absolute Gasteiger partial charge is 0.231 e. The quantitative estimate of drug-likeness (QED) is 0.796. The summed E-state index contributed by atoms with van der Waals surface area (Å²) >= 11 is 0. The zero-order valence-corrected chi connectivity index (χ0v) is 9.66. The van der Waals surface area contributed by atoms with Crippen molar-refractivity contribution in [3.63, 3.8) is 0 Å². The molecule has 1 amide bonds. The van der Waals surface area contributed by atoms with E-state index in [-0.39, 0.29) is 11.9 Å². The molecule has 1 unspecified atom stereocenters. The monoisotopic (exact) mass is 219 g/mol. The molecule has 4 nitrogen and oxygen atoms in total. The summed E-state index contributed by atoms with van der Waals surface area (Å²) in [4.78, 5) is 13.6. The molecule has 0 aromatic heterocycles. The van der Waals surface area contributed by atoms with Crippen LogP contribution < -0.4 is 16.0 Å². The first-order chi connectivity index (χ1) is 7.61. The Bertz CT molecular complexity index is 415. The van der Waals surface area contributed by atoms with Crippen LogP contribution in [0, 0.1) is 0 Å². The largest absolute Gasteiger partial charge is 0.388 e. The van der Waals surface area contributed by atoms with Crippen LogP contribution in [-0.4, -0.2) is 25.5 Å². The molecule has 0 bridgehead atoms. The number of nitrogens with zero attached hydrogens (tertiary/aromatic N) is 1. The van der Waals surface area contributed by atoms with E-state index in [1.165, 1.54) is 0 Å². The molecule has 0 radical (unpaired) electrons. The second-order valence-corrected chi connectivity index (χ2v) is 4.25. The van der Waals surface area contributed by atoms with E-state index < -0.39 is 0 Å². The molecular weight excluding hydrogens is 202 g/mol. The summed E-state index contributed by atoms with van der Waals surface area (Å²) < 4.78 is 0. The van der Waals surface area contributed by atoms with Crippen LogP contribution in [0.3, 0.4) is 0 Å². The number of carbonyl (C=O) groups excluding carboxylic acids is 1. The zero-order valence-electron chi connectivity index (χ0n) is 9.66. The molecule has 1 aliphatic rings. The van der Waals surface area contributed by atoms with E-state index in [1.807, 2.05) is 32.2 Å². The Balaban J connectivity index is 2.31. The Kier molecular flexibility index (Phi) is 2.83. The fourth-order valence-corrected chi connectivity index (χ4v) is 2.03. The maximum Gasteiger partial charge on any atom is 0.231 e. The van der Waals surface area contributed by atoms with Crippen LogP contribution in [0.4, 0.5) is 11.4 Å². The highest BCUT2D eigenvalue weighted by Gasteiger charge is 2.27. The molecule has 2 rings (SSSR count). The predicted octanol–water partition coefficient (Wildman–Crippen LogP) is 0.965. The van der Waals surface area contributed by atoms with Gasteiger partial charge >= 0.3 is 0 Å². The molecule has 1 atom stereocenters. The molecule has 0 saturated heterocycles. The van der Waals surface area contributed by atoms with Crippen molar-refractivity contribution in [1.29, 1.82) is 0 Å². The summed E-state index contributed by atoms with van der Waals surface area (Å²) in [7, 11) is 1.87. The van der Waals surface area contributed by atoms with Crippen molar-refractivity contribution >= 4 is 17.3 Å². The number of hydrogen-bond donors (Lipinski definition) is 2. The molecule has 1 aromatic rings. The minimum absolute atomic E-state index is 0.00104. The predicted molar refractivity (Wildman–Crippen MR) is 65.7 cm³/mol. The average molecular weight is 219 g/mol. The zero-order chi connectivity index (χ0) is 11.7. The van der Waals surface area contributed by atoms with E-state index in [9.17, 15) is 4.79 Å². The molecule has 16 heavy (non-hydrogen) atoms. The number of fused-ring (bicyclic) bond motifs is 1. The van der Waals surface area contributed by atoms with Gasteiger partial charge in [-0.2, -0.15) is 0 Å². The Labute approximate surface area is 95.4 Å². The van der Waals surface area contributed by atoms with Crippen molar-refractivity contribution in [2.45, 2.75) is 19.4 Å². The lowest BCUT2D eigenvalue weighted by Gasteiger charge is -2.19. The molecule has 0 aliphatic carbocycles. The molecule has 86 valence electrons. The second-order valence-electron chi connectivity index (χ2n) is 4.25. The van der Waals surface area contributed by atoms with E-state index in [1.54, 1.807) is 4.90 Å². The van der Waals surface area contributed by atoms with Crippen molar-refractivity contribution < 1.29 is 4.79 Å². The van der Waals surface area contributed by atoms with Gasteiger partial charge in [0.15, 0.2) is 0 Å². The van der Waals surface area contributed by atoms with Crippen LogP contribution in [0.2, 0.25) is 0 Å². The topological polar surface area (TPSA) is 58.4 Å². The first-order valence-corrected chi connectivity index (χ1v) is 5.48. The normalized spacial score (nSPS) is 16.2. The summed E-state index contributed by atoms with van der Waals surface area (Å²) in [6, 6.07) is 5.98. The van der Waals surface area contributed by atoms with Crippen LogP contribution in [0.25, 0.3) is 0 Å². The SMILES string of the molecule is CNc1ccc2c(c1)CC(=O)N2CC(C)N. The number of rotatable bonds is 3. The summed E-state index contributed by atoms with van der Waals surface area (Å²) in [6.45, 7) is 2.50. The van der Waals surface area contributed by atoms with Gasteiger partial charge < -0.3 is 16.0 Å². The third kappa shape index (κ3) is 1.88. The van der Waals surface area contributed by atoms with Gasteiger partial charge in [-0.05, 0) is 30.7 Å². The number of hydrogen-bond acceptors (Lipinski definition) is 3. The second kappa shape index (κ2) is 4.14. The first kappa shape index (κ1) is 11.0. The van der Waals surface area contributed by atoms with Crippen LogP contribution >= 0.6 is 0 Å². The van der Waals surface area contributed by atoms with E-state index in [0.29, 0.717) is 13.0 Å². The Hall–Kier alpha value is -1.55. The van der Waals surface area contributed by atoms with Crippen LogP contribution in [-0.2, 0) is 11.2 Å². The molecule has 0 spiro atoms. The summed E-state index contributed by atoms with van der Waals surface area (Å²) in [5, 5.41) is 3.07. The van der Waals surface area contributed by atoms with Gasteiger partial charge in [0, 0.05) is 31.0 Å². The molecule has 1 heterocycles.